The van der Waals surface area contributed by atoms with Crippen LogP contribution in [0.5, 0.6) is 0 Å². The molecule has 20 heavy (non-hydrogen) atoms. The minimum absolute atomic E-state index is 0.0423. The summed E-state index contributed by atoms with van der Waals surface area (Å²) >= 11 is 4.74. The number of fused-ring (bicyclic) bond motifs is 3. The van der Waals surface area contributed by atoms with Gasteiger partial charge in [-0.1, -0.05) is 18.2 Å². The van der Waals surface area contributed by atoms with Crippen molar-refractivity contribution in [2.75, 3.05) is 4.90 Å². The molecule has 1 amide bonds. The first-order chi connectivity index (χ1) is 9.58. The Kier molecular flexibility index (Phi) is 5.94. The number of carbonyl (C=O) groups excluding carboxylic acids is 1. The van der Waals surface area contributed by atoms with E-state index in [1.54, 1.807) is 11.8 Å². The molecule has 4 nitrogen and oxygen atoms in total. The van der Waals surface area contributed by atoms with Crippen molar-refractivity contribution in [3.05, 3.63) is 41.6 Å². The van der Waals surface area contributed by atoms with Gasteiger partial charge in [-0.3, -0.25) is 9.69 Å². The van der Waals surface area contributed by atoms with Crippen LogP contribution in [0.25, 0.3) is 5.69 Å². The fourth-order valence-corrected chi connectivity index (χ4v) is 2.23. The number of aryl methyl sites for hydroxylation is 1. The molecule has 0 N–H and O–H groups in total. The predicted octanol–water partition coefficient (Wildman–Crippen LogP) is 3.82. The summed E-state index contributed by atoms with van der Waals surface area (Å²) in [5, 5.41) is 4.45. The van der Waals surface area contributed by atoms with Gasteiger partial charge in [0.25, 0.3) is 0 Å². The summed E-state index contributed by atoms with van der Waals surface area (Å²) in [4.78, 5) is 13.4. The topological polar surface area (TPSA) is 38.1 Å². The molecule has 1 aliphatic heterocycles. The minimum atomic E-state index is 0.0423. The number of amides is 1. The number of hydrogen-bond acceptors (Lipinski definition) is 2. The molecule has 0 radical (unpaired) electrons. The van der Waals surface area contributed by atoms with Crippen molar-refractivity contribution in [1.29, 1.82) is 0 Å². The van der Waals surface area contributed by atoms with Crippen LogP contribution >= 0.6 is 40.0 Å². The number of hydrogen-bond donors (Lipinski definition) is 0. The summed E-state index contributed by atoms with van der Waals surface area (Å²) in [5.41, 5.74) is 3.11. The second kappa shape index (κ2) is 7.28. The number of carbonyl (C=O) groups is 1. The van der Waals surface area contributed by atoms with Crippen LogP contribution in [0.15, 0.2) is 30.3 Å². The van der Waals surface area contributed by atoms with Crippen molar-refractivity contribution in [1.82, 2.24) is 9.78 Å². The number of anilines is 1. The van der Waals surface area contributed by atoms with E-state index in [0.29, 0.717) is 16.0 Å². The molecule has 3 rings (SSSR count). The van der Waals surface area contributed by atoms with E-state index < -0.39 is 0 Å². The van der Waals surface area contributed by atoms with Crippen LogP contribution < -0.4 is 4.90 Å². The number of nitrogens with zero attached hydrogens (tertiary/aromatic N) is 3. The Labute approximate surface area is 147 Å². The van der Waals surface area contributed by atoms with Gasteiger partial charge in [-0.15, -0.1) is 0 Å². The van der Waals surface area contributed by atoms with Crippen LogP contribution in [0, 0.1) is 6.92 Å². The molecule has 0 atom stereocenters. The van der Waals surface area contributed by atoms with E-state index in [2.05, 4.69) is 45.1 Å². The Hall–Kier alpha value is -0.0556. The zero-order valence-corrected chi connectivity index (χ0v) is 16.8. The van der Waals surface area contributed by atoms with E-state index >= 15 is 0 Å². The first kappa shape index (κ1) is 16.3. The maximum atomic E-state index is 11.7. The zero-order valence-electron chi connectivity index (χ0n) is 11.0. The molecular weight excluding hydrogens is 519 g/mol. The quantitative estimate of drug-likeness (QED) is 0.485. The van der Waals surface area contributed by atoms with Crippen molar-refractivity contribution in [2.45, 2.75) is 20.4 Å². The summed E-state index contributed by atoms with van der Waals surface area (Å²) < 4.78 is 1.84. The normalized spacial score (nSPS) is 11.9. The van der Waals surface area contributed by atoms with Crippen molar-refractivity contribution < 1.29 is 14.3 Å². The van der Waals surface area contributed by atoms with Crippen LogP contribution in [-0.2, 0) is 20.8 Å². The number of benzene rings is 1. The predicted molar refractivity (Wildman–Crippen MR) is 93.2 cm³/mol. The third-order valence-corrected chi connectivity index (χ3v) is 3.02. The molecule has 0 bridgehead atoms. The summed E-state index contributed by atoms with van der Waals surface area (Å²) in [6.45, 7) is 4.14. The molecule has 1 aromatic heterocycles. The third-order valence-electron chi connectivity index (χ3n) is 3.02. The van der Waals surface area contributed by atoms with Gasteiger partial charge in [0.1, 0.15) is 5.82 Å². The molecule has 1 aromatic carbocycles. The van der Waals surface area contributed by atoms with E-state index in [-0.39, 0.29) is 5.91 Å². The first-order valence-corrected chi connectivity index (χ1v) is 14.9. The van der Waals surface area contributed by atoms with E-state index in [1.165, 1.54) is 0 Å². The fourth-order valence-electron chi connectivity index (χ4n) is 2.23. The third kappa shape index (κ3) is 3.40. The van der Waals surface area contributed by atoms with Gasteiger partial charge in [-0.05, 0) is 18.6 Å². The van der Waals surface area contributed by atoms with Gasteiger partial charge in [0.15, 0.2) is 0 Å². The van der Waals surface area contributed by atoms with Crippen LogP contribution in [0.1, 0.15) is 18.2 Å². The van der Waals surface area contributed by atoms with Gasteiger partial charge in [0.05, 0.1) is 17.9 Å². The van der Waals surface area contributed by atoms with Crippen LogP contribution in [-0.4, -0.2) is 15.7 Å². The SMILES string of the molecule is CC(=O)N1Cc2ccccc2-n2nc(C)cc21.[I][V][I]. The van der Waals surface area contributed by atoms with Crippen LogP contribution in [0.2, 0.25) is 0 Å². The van der Waals surface area contributed by atoms with E-state index in [4.69, 9.17) is 0 Å². The van der Waals surface area contributed by atoms with Gasteiger partial charge in [0, 0.05) is 13.0 Å². The van der Waals surface area contributed by atoms with Gasteiger partial charge in [-0.25, -0.2) is 4.68 Å². The molecule has 0 spiro atoms. The standard InChI is InChI=1S/C13H13N3O.2HI.V/c1-9-7-13-15(10(2)17)8-11-5-3-4-6-12(11)16(13)14-9;;;/h3-7H,8H2,1-2H3;2*1H;/q;;;+2/p-2. The fraction of sp³-hybridized carbons (Fsp3) is 0.231. The van der Waals surface area contributed by atoms with Crippen molar-refractivity contribution in [2.24, 2.45) is 0 Å². The molecule has 0 saturated heterocycles. The Morgan fingerprint density at radius 2 is 2.00 bits per heavy atom. The molecular formula is C13H13I2N3OV. The second-order valence-corrected chi connectivity index (χ2v) is 16.1. The van der Waals surface area contributed by atoms with Crippen molar-refractivity contribution in [3.8, 4) is 5.69 Å². The number of aromatic nitrogens is 2. The van der Waals surface area contributed by atoms with Crippen LogP contribution in [0.3, 0.4) is 0 Å². The van der Waals surface area contributed by atoms with Gasteiger partial charge in [-0.2, -0.15) is 5.10 Å². The van der Waals surface area contributed by atoms with E-state index in [0.717, 1.165) is 22.8 Å². The van der Waals surface area contributed by atoms with Gasteiger partial charge in [0.2, 0.25) is 5.91 Å². The molecule has 0 saturated carbocycles. The zero-order chi connectivity index (χ0) is 14.7. The van der Waals surface area contributed by atoms with E-state index in [1.807, 2.05) is 41.9 Å². The molecule has 2 heterocycles. The summed E-state index contributed by atoms with van der Waals surface area (Å²) in [5.74, 6) is 0.898. The molecule has 105 valence electrons. The second-order valence-electron chi connectivity index (χ2n) is 4.35. The number of rotatable bonds is 0. The monoisotopic (exact) mass is 532 g/mol. The summed E-state index contributed by atoms with van der Waals surface area (Å²) in [6, 6.07) is 9.98. The number of para-hydroxylation sites is 1. The first-order valence-electron chi connectivity index (χ1n) is 5.93. The Balaban J connectivity index is 0.000000452. The number of halogens is 2. The summed E-state index contributed by atoms with van der Waals surface area (Å²) in [7, 11) is 0.628. The molecule has 1 aliphatic rings. The van der Waals surface area contributed by atoms with Crippen LogP contribution in [0.4, 0.5) is 5.82 Å². The van der Waals surface area contributed by atoms with Gasteiger partial charge < -0.3 is 0 Å². The molecule has 2 aromatic rings. The Morgan fingerprint density at radius 3 is 2.65 bits per heavy atom. The molecule has 0 aliphatic carbocycles. The molecule has 0 unspecified atom stereocenters. The molecule has 0 fully saturated rings. The Morgan fingerprint density at radius 1 is 1.35 bits per heavy atom. The van der Waals surface area contributed by atoms with Crippen molar-refractivity contribution >= 4 is 51.7 Å². The van der Waals surface area contributed by atoms with E-state index in [9.17, 15) is 4.79 Å². The van der Waals surface area contributed by atoms with Crippen molar-refractivity contribution in [3.63, 3.8) is 0 Å². The average Bonchev–Trinajstić information content (AvgIpc) is 2.80. The average molecular weight is 532 g/mol. The summed E-state index contributed by atoms with van der Waals surface area (Å²) in [6.07, 6.45) is 0. The molecule has 7 heteroatoms. The maximum absolute atomic E-state index is 11.7. The van der Waals surface area contributed by atoms with Gasteiger partial charge >= 0.3 is 49.4 Å². The Bertz CT molecular complexity index is 630.